The number of hydrogen-bond acceptors (Lipinski definition) is 8. The molecule has 156 valence electrons. The standard InChI is InChI=1S/C19H21N7O4/c1-19(2,3)30-18(27)24-16-8-5-12(11-20-16)22-17-15(26(28)29)7-6-13(23-17)14-9-10-21-25(14)4/h5-11H,1-4H3,(H,22,23)(H,20,24,27). The highest BCUT2D eigenvalue weighted by molar-refractivity contribution is 5.83. The fraction of sp³-hybridized carbons (Fsp3) is 0.263. The summed E-state index contributed by atoms with van der Waals surface area (Å²) in [6.07, 6.45) is 2.41. The predicted octanol–water partition coefficient (Wildman–Crippen LogP) is 3.88. The Labute approximate surface area is 172 Å². The molecule has 3 heterocycles. The average Bonchev–Trinajstić information content (AvgIpc) is 3.07. The van der Waals surface area contributed by atoms with E-state index in [4.69, 9.17) is 4.74 Å². The van der Waals surface area contributed by atoms with Gasteiger partial charge in [-0.1, -0.05) is 0 Å². The van der Waals surface area contributed by atoms with E-state index < -0.39 is 16.6 Å². The summed E-state index contributed by atoms with van der Waals surface area (Å²) < 4.78 is 6.79. The monoisotopic (exact) mass is 411 g/mol. The van der Waals surface area contributed by atoms with E-state index >= 15 is 0 Å². The number of nitrogens with one attached hydrogen (secondary N) is 2. The number of carbonyl (C=O) groups is 1. The quantitative estimate of drug-likeness (QED) is 0.477. The van der Waals surface area contributed by atoms with E-state index in [1.54, 1.807) is 63.0 Å². The lowest BCUT2D eigenvalue weighted by Gasteiger charge is -2.19. The van der Waals surface area contributed by atoms with Gasteiger partial charge < -0.3 is 10.1 Å². The molecule has 3 aromatic rings. The fourth-order valence-electron chi connectivity index (χ4n) is 2.55. The molecule has 0 bridgehead atoms. The number of nitrogens with zero attached hydrogens (tertiary/aromatic N) is 5. The molecule has 0 aromatic carbocycles. The molecule has 0 spiro atoms. The number of hydrogen-bond donors (Lipinski definition) is 2. The molecule has 0 aliphatic rings. The first-order valence-corrected chi connectivity index (χ1v) is 8.99. The minimum absolute atomic E-state index is 0.0633. The van der Waals surface area contributed by atoms with Crippen LogP contribution in [0, 0.1) is 10.1 Å². The summed E-state index contributed by atoms with van der Waals surface area (Å²) in [4.78, 5) is 31.2. The molecule has 0 atom stereocenters. The Hall–Kier alpha value is -4.02. The lowest BCUT2D eigenvalue weighted by molar-refractivity contribution is -0.384. The highest BCUT2D eigenvalue weighted by Crippen LogP contribution is 2.29. The summed E-state index contributed by atoms with van der Waals surface area (Å²) in [5.74, 6) is 0.342. The summed E-state index contributed by atoms with van der Waals surface area (Å²) in [6.45, 7) is 5.27. The zero-order valence-corrected chi connectivity index (χ0v) is 16.9. The van der Waals surface area contributed by atoms with Crippen LogP contribution in [0.1, 0.15) is 20.8 Å². The number of ether oxygens (including phenoxy) is 1. The molecule has 0 aliphatic carbocycles. The second kappa shape index (κ2) is 8.15. The molecular formula is C19H21N7O4. The van der Waals surface area contributed by atoms with Gasteiger partial charge in [0.15, 0.2) is 0 Å². The normalized spacial score (nSPS) is 11.1. The molecule has 11 heteroatoms. The van der Waals surface area contributed by atoms with Crippen molar-refractivity contribution in [3.63, 3.8) is 0 Å². The third-order valence-electron chi connectivity index (χ3n) is 3.81. The highest BCUT2D eigenvalue weighted by Gasteiger charge is 2.19. The van der Waals surface area contributed by atoms with Crippen LogP contribution in [-0.4, -0.2) is 36.4 Å². The lowest BCUT2D eigenvalue weighted by Crippen LogP contribution is -2.27. The smallest absolute Gasteiger partial charge is 0.413 e. The van der Waals surface area contributed by atoms with Crippen molar-refractivity contribution in [3.8, 4) is 11.4 Å². The lowest BCUT2D eigenvalue weighted by atomic mass is 10.2. The van der Waals surface area contributed by atoms with E-state index in [-0.39, 0.29) is 17.3 Å². The number of carbonyl (C=O) groups excluding carboxylic acids is 1. The van der Waals surface area contributed by atoms with Crippen molar-refractivity contribution in [1.82, 2.24) is 19.7 Å². The number of nitro groups is 1. The zero-order valence-electron chi connectivity index (χ0n) is 16.9. The molecule has 1 amide bonds. The zero-order chi connectivity index (χ0) is 21.9. The molecule has 0 fully saturated rings. The third-order valence-corrected chi connectivity index (χ3v) is 3.81. The number of anilines is 3. The van der Waals surface area contributed by atoms with Gasteiger partial charge in [-0.25, -0.2) is 14.8 Å². The van der Waals surface area contributed by atoms with Gasteiger partial charge >= 0.3 is 11.8 Å². The second-order valence-corrected chi connectivity index (χ2v) is 7.35. The van der Waals surface area contributed by atoms with Crippen LogP contribution in [0.5, 0.6) is 0 Å². The molecule has 0 saturated carbocycles. The van der Waals surface area contributed by atoms with Crippen molar-refractivity contribution < 1.29 is 14.5 Å². The summed E-state index contributed by atoms with van der Waals surface area (Å²) in [7, 11) is 1.76. The first-order chi connectivity index (χ1) is 14.1. The van der Waals surface area contributed by atoms with Crippen LogP contribution in [-0.2, 0) is 11.8 Å². The molecule has 0 aliphatic heterocycles. The van der Waals surface area contributed by atoms with E-state index in [1.807, 2.05) is 0 Å². The van der Waals surface area contributed by atoms with Gasteiger partial charge in [0.05, 0.1) is 28.2 Å². The number of aryl methyl sites for hydroxylation is 1. The Bertz CT molecular complexity index is 1070. The van der Waals surface area contributed by atoms with Gasteiger partial charge in [0.25, 0.3) is 0 Å². The molecule has 2 N–H and O–H groups in total. The van der Waals surface area contributed by atoms with E-state index in [1.165, 1.54) is 12.3 Å². The maximum Gasteiger partial charge on any atom is 0.413 e. The Balaban J connectivity index is 1.80. The van der Waals surface area contributed by atoms with Crippen molar-refractivity contribution >= 4 is 29.1 Å². The molecular weight excluding hydrogens is 390 g/mol. The average molecular weight is 411 g/mol. The Morgan fingerprint density at radius 2 is 1.97 bits per heavy atom. The van der Waals surface area contributed by atoms with Gasteiger partial charge in [-0.3, -0.25) is 20.1 Å². The second-order valence-electron chi connectivity index (χ2n) is 7.35. The van der Waals surface area contributed by atoms with Crippen LogP contribution in [0.4, 0.5) is 27.8 Å². The van der Waals surface area contributed by atoms with Gasteiger partial charge in [-0.15, -0.1) is 0 Å². The number of rotatable bonds is 5. The minimum Gasteiger partial charge on any atom is -0.444 e. The van der Waals surface area contributed by atoms with Crippen molar-refractivity contribution in [1.29, 1.82) is 0 Å². The summed E-state index contributed by atoms with van der Waals surface area (Å²) in [5, 5.41) is 20.9. The van der Waals surface area contributed by atoms with Gasteiger partial charge in [0.1, 0.15) is 11.4 Å². The molecule has 11 nitrogen and oxygen atoms in total. The minimum atomic E-state index is -0.630. The fourth-order valence-corrected chi connectivity index (χ4v) is 2.55. The Morgan fingerprint density at radius 3 is 2.53 bits per heavy atom. The van der Waals surface area contributed by atoms with Crippen molar-refractivity contribution in [2.75, 3.05) is 10.6 Å². The number of pyridine rings is 2. The van der Waals surface area contributed by atoms with E-state index in [0.29, 0.717) is 17.1 Å². The molecule has 3 rings (SSSR count). The Kier molecular flexibility index (Phi) is 5.63. The first-order valence-electron chi connectivity index (χ1n) is 8.99. The van der Waals surface area contributed by atoms with Crippen LogP contribution in [0.3, 0.4) is 0 Å². The molecule has 3 aromatic heterocycles. The van der Waals surface area contributed by atoms with Crippen molar-refractivity contribution in [3.05, 3.63) is 52.8 Å². The van der Waals surface area contributed by atoms with E-state index in [9.17, 15) is 14.9 Å². The summed E-state index contributed by atoms with van der Waals surface area (Å²) in [5.41, 5.74) is 0.885. The largest absolute Gasteiger partial charge is 0.444 e. The van der Waals surface area contributed by atoms with Crippen molar-refractivity contribution in [2.45, 2.75) is 26.4 Å². The van der Waals surface area contributed by atoms with Gasteiger partial charge in [-0.2, -0.15) is 5.10 Å². The number of aromatic nitrogens is 4. The molecule has 0 radical (unpaired) electrons. The molecule has 0 saturated heterocycles. The predicted molar refractivity (Wildman–Crippen MR) is 110 cm³/mol. The van der Waals surface area contributed by atoms with Crippen LogP contribution in [0.15, 0.2) is 42.7 Å². The van der Waals surface area contributed by atoms with Crippen LogP contribution in [0.2, 0.25) is 0 Å². The molecule has 30 heavy (non-hydrogen) atoms. The summed E-state index contributed by atoms with van der Waals surface area (Å²) in [6, 6.07) is 7.86. The van der Waals surface area contributed by atoms with Gasteiger partial charge in [0, 0.05) is 19.3 Å². The van der Waals surface area contributed by atoms with E-state index in [2.05, 4.69) is 25.7 Å². The highest BCUT2D eigenvalue weighted by atomic mass is 16.6. The topological polar surface area (TPSA) is 137 Å². The summed E-state index contributed by atoms with van der Waals surface area (Å²) >= 11 is 0. The third kappa shape index (κ3) is 5.07. The Morgan fingerprint density at radius 1 is 1.20 bits per heavy atom. The maximum absolute atomic E-state index is 11.8. The molecule has 0 unspecified atom stereocenters. The van der Waals surface area contributed by atoms with Crippen LogP contribution < -0.4 is 10.6 Å². The van der Waals surface area contributed by atoms with Gasteiger partial charge in [0.2, 0.25) is 5.82 Å². The maximum atomic E-state index is 11.8. The van der Waals surface area contributed by atoms with E-state index in [0.717, 1.165) is 0 Å². The van der Waals surface area contributed by atoms with Gasteiger partial charge in [-0.05, 0) is 45.0 Å². The van der Waals surface area contributed by atoms with Crippen molar-refractivity contribution in [2.24, 2.45) is 7.05 Å². The first kappa shape index (κ1) is 20.7. The van der Waals surface area contributed by atoms with Crippen LogP contribution >= 0.6 is 0 Å². The SMILES string of the molecule is Cn1nccc1-c1ccc([N+](=O)[O-])c(Nc2ccc(NC(=O)OC(C)(C)C)nc2)n1. The number of amides is 1. The van der Waals surface area contributed by atoms with Crippen LogP contribution in [0.25, 0.3) is 11.4 Å².